The fourth-order valence-corrected chi connectivity index (χ4v) is 2.24. The van der Waals surface area contributed by atoms with Gasteiger partial charge in [-0.25, -0.2) is 4.39 Å². The predicted octanol–water partition coefficient (Wildman–Crippen LogP) is 2.72. The molecule has 0 aliphatic carbocycles. The molecule has 2 amide bonds. The number of hydrogen-bond donors (Lipinski definition) is 1. The van der Waals surface area contributed by atoms with Crippen LogP contribution in [0.2, 0.25) is 0 Å². The first-order valence-corrected chi connectivity index (χ1v) is 6.12. The minimum absolute atomic E-state index is 0. The number of carbonyl (C=O) groups is 2. The lowest BCUT2D eigenvalue weighted by molar-refractivity contribution is -0.134. The van der Waals surface area contributed by atoms with Crippen LogP contribution < -0.4 is 5.32 Å². The Labute approximate surface area is 107 Å². The van der Waals surface area contributed by atoms with Gasteiger partial charge in [-0.05, 0) is 29.5 Å². The van der Waals surface area contributed by atoms with Gasteiger partial charge < -0.3 is 0 Å². The van der Waals surface area contributed by atoms with E-state index in [0.717, 1.165) is 0 Å². The lowest BCUT2D eigenvalue weighted by Gasteiger charge is -2.21. The van der Waals surface area contributed by atoms with E-state index in [1.165, 1.54) is 6.07 Å². The molecule has 18 heavy (non-hydrogen) atoms. The number of carbonyl (C=O) groups excluding carboxylic acids is 2. The molecule has 1 aromatic carbocycles. The van der Waals surface area contributed by atoms with E-state index in [2.05, 4.69) is 5.32 Å². The van der Waals surface area contributed by atoms with Crippen molar-refractivity contribution in [1.29, 1.82) is 0 Å². The summed E-state index contributed by atoms with van der Waals surface area (Å²) in [5.41, 5.74) is 1.29. The third-order valence-electron chi connectivity index (χ3n) is 3.29. The Morgan fingerprint density at radius 3 is 2.67 bits per heavy atom. The van der Waals surface area contributed by atoms with Crippen LogP contribution in [0.15, 0.2) is 18.2 Å². The van der Waals surface area contributed by atoms with Crippen LogP contribution in [0.1, 0.15) is 51.1 Å². The summed E-state index contributed by atoms with van der Waals surface area (Å²) in [5, 5.41) is 2.28. The van der Waals surface area contributed by atoms with Gasteiger partial charge in [-0.3, -0.25) is 14.9 Å². The average molecular weight is 251 g/mol. The zero-order valence-corrected chi connectivity index (χ0v) is 10.5. The van der Waals surface area contributed by atoms with Crippen LogP contribution in [0.3, 0.4) is 0 Å². The Morgan fingerprint density at radius 2 is 2.11 bits per heavy atom. The van der Waals surface area contributed by atoms with E-state index in [1.807, 2.05) is 13.8 Å². The second-order valence-electron chi connectivity index (χ2n) is 4.94. The highest BCUT2D eigenvalue weighted by Gasteiger charge is 2.28. The molecule has 1 N–H and O–H groups in total. The molecule has 1 saturated heterocycles. The molecule has 0 bridgehead atoms. The SMILES string of the molecule is CC(C)c1ccc([C@H]2CCC(=O)NC2=O)cc1F.[HH]. The third kappa shape index (κ3) is 2.42. The third-order valence-corrected chi connectivity index (χ3v) is 3.29. The molecule has 1 aliphatic rings. The molecule has 3 nitrogen and oxygen atoms in total. The first-order chi connectivity index (χ1) is 8.49. The van der Waals surface area contributed by atoms with E-state index >= 15 is 0 Å². The Kier molecular flexibility index (Phi) is 3.45. The maximum atomic E-state index is 13.9. The highest BCUT2D eigenvalue weighted by molar-refractivity contribution is 6.00. The van der Waals surface area contributed by atoms with E-state index < -0.39 is 5.92 Å². The summed E-state index contributed by atoms with van der Waals surface area (Å²) in [6.45, 7) is 3.84. The highest BCUT2D eigenvalue weighted by Crippen LogP contribution is 2.28. The van der Waals surface area contributed by atoms with E-state index in [-0.39, 0.29) is 25.0 Å². The van der Waals surface area contributed by atoms with E-state index in [9.17, 15) is 14.0 Å². The Bertz CT molecular complexity index is 502. The summed E-state index contributed by atoms with van der Waals surface area (Å²) in [5.74, 6) is -1.18. The molecular weight excluding hydrogens is 233 g/mol. The summed E-state index contributed by atoms with van der Waals surface area (Å²) in [6.07, 6.45) is 0.759. The number of imide groups is 1. The van der Waals surface area contributed by atoms with E-state index in [4.69, 9.17) is 0 Å². The van der Waals surface area contributed by atoms with Gasteiger partial charge in [0.15, 0.2) is 0 Å². The molecule has 1 fully saturated rings. The fraction of sp³-hybridized carbons (Fsp3) is 0.429. The quantitative estimate of drug-likeness (QED) is 0.821. The molecule has 0 saturated carbocycles. The van der Waals surface area contributed by atoms with Gasteiger partial charge in [-0.15, -0.1) is 0 Å². The molecule has 1 aromatic rings. The van der Waals surface area contributed by atoms with Crippen LogP contribution in [0.4, 0.5) is 4.39 Å². The van der Waals surface area contributed by atoms with Crippen molar-refractivity contribution >= 4 is 11.8 Å². The predicted molar refractivity (Wildman–Crippen MR) is 67.7 cm³/mol. The first-order valence-electron chi connectivity index (χ1n) is 6.12. The largest absolute Gasteiger partial charge is 0.296 e. The highest BCUT2D eigenvalue weighted by atomic mass is 19.1. The van der Waals surface area contributed by atoms with Crippen molar-refractivity contribution in [1.82, 2.24) is 5.32 Å². The minimum atomic E-state index is -0.418. The van der Waals surface area contributed by atoms with Crippen molar-refractivity contribution in [2.45, 2.75) is 38.5 Å². The van der Waals surface area contributed by atoms with Gasteiger partial charge in [0.1, 0.15) is 5.82 Å². The first kappa shape index (κ1) is 12.7. The summed E-state index contributed by atoms with van der Waals surface area (Å²) >= 11 is 0. The number of halogens is 1. The molecule has 2 rings (SSSR count). The smallest absolute Gasteiger partial charge is 0.234 e. The molecule has 0 aromatic heterocycles. The standard InChI is InChI=1S/C14H16FNO2.H2/c1-8(2)10-4-3-9(7-12(10)15)11-5-6-13(17)16-14(11)18;/h3-4,7-8,11H,5-6H2,1-2H3,(H,16,17,18);1H/t11-;/m1./s1. The number of piperidine rings is 1. The fourth-order valence-electron chi connectivity index (χ4n) is 2.24. The van der Waals surface area contributed by atoms with Gasteiger partial charge in [0.2, 0.25) is 11.8 Å². The Morgan fingerprint density at radius 1 is 1.39 bits per heavy atom. The van der Waals surface area contributed by atoms with Crippen molar-refractivity contribution in [2.24, 2.45) is 0 Å². The van der Waals surface area contributed by atoms with Gasteiger partial charge >= 0.3 is 0 Å². The molecule has 0 unspecified atom stereocenters. The lowest BCUT2D eigenvalue weighted by Crippen LogP contribution is -2.39. The molecule has 98 valence electrons. The van der Waals surface area contributed by atoms with E-state index in [0.29, 0.717) is 24.0 Å². The Balaban J connectivity index is 0.00000180. The van der Waals surface area contributed by atoms with Gasteiger partial charge in [-0.1, -0.05) is 26.0 Å². The second kappa shape index (κ2) is 4.88. The molecule has 4 heteroatoms. The van der Waals surface area contributed by atoms with Crippen LogP contribution in [0.5, 0.6) is 0 Å². The summed E-state index contributed by atoms with van der Waals surface area (Å²) < 4.78 is 13.9. The van der Waals surface area contributed by atoms with Crippen molar-refractivity contribution < 1.29 is 15.4 Å². The minimum Gasteiger partial charge on any atom is -0.296 e. The van der Waals surface area contributed by atoms with Crippen molar-refractivity contribution in [3.05, 3.63) is 35.1 Å². The molecule has 1 aliphatic heterocycles. The maximum absolute atomic E-state index is 13.9. The molecule has 1 atom stereocenters. The number of amides is 2. The van der Waals surface area contributed by atoms with Crippen LogP contribution in [0, 0.1) is 5.82 Å². The summed E-state index contributed by atoms with van der Waals surface area (Å²) in [4.78, 5) is 22.7. The van der Waals surface area contributed by atoms with Crippen LogP contribution in [0.25, 0.3) is 0 Å². The topological polar surface area (TPSA) is 46.2 Å². The van der Waals surface area contributed by atoms with Gasteiger partial charge in [0.05, 0.1) is 5.92 Å². The molecule has 0 radical (unpaired) electrons. The van der Waals surface area contributed by atoms with Crippen LogP contribution in [-0.4, -0.2) is 11.8 Å². The monoisotopic (exact) mass is 251 g/mol. The normalized spacial score (nSPS) is 20.1. The molecule has 1 heterocycles. The number of rotatable bonds is 2. The van der Waals surface area contributed by atoms with Crippen molar-refractivity contribution in [3.8, 4) is 0 Å². The van der Waals surface area contributed by atoms with Gasteiger partial charge in [-0.2, -0.15) is 0 Å². The zero-order valence-electron chi connectivity index (χ0n) is 10.5. The number of nitrogens with one attached hydrogen (secondary N) is 1. The van der Waals surface area contributed by atoms with Crippen molar-refractivity contribution in [3.63, 3.8) is 0 Å². The summed E-state index contributed by atoms with van der Waals surface area (Å²) in [7, 11) is 0. The lowest BCUT2D eigenvalue weighted by atomic mass is 9.89. The second-order valence-corrected chi connectivity index (χ2v) is 4.94. The van der Waals surface area contributed by atoms with Crippen LogP contribution >= 0.6 is 0 Å². The zero-order chi connectivity index (χ0) is 13.3. The Hall–Kier alpha value is -1.71. The van der Waals surface area contributed by atoms with Gasteiger partial charge in [0, 0.05) is 7.85 Å². The van der Waals surface area contributed by atoms with Crippen LogP contribution in [-0.2, 0) is 9.59 Å². The van der Waals surface area contributed by atoms with Gasteiger partial charge in [0.25, 0.3) is 0 Å². The molecular formula is C14H18FNO2. The number of hydrogen-bond acceptors (Lipinski definition) is 2. The number of benzene rings is 1. The maximum Gasteiger partial charge on any atom is 0.234 e. The summed E-state index contributed by atoms with van der Waals surface area (Å²) in [6, 6.07) is 4.91. The van der Waals surface area contributed by atoms with E-state index in [1.54, 1.807) is 12.1 Å². The average Bonchev–Trinajstić information content (AvgIpc) is 2.28. The van der Waals surface area contributed by atoms with Crippen molar-refractivity contribution in [2.75, 3.05) is 0 Å². The molecule has 0 spiro atoms.